The lowest BCUT2D eigenvalue weighted by atomic mass is 9.79. The highest BCUT2D eigenvalue weighted by atomic mass is 16.3. The van der Waals surface area contributed by atoms with Crippen LogP contribution >= 0.6 is 0 Å². The molecule has 1 aromatic carbocycles. The second-order valence-electron chi connectivity index (χ2n) is 5.99. The minimum absolute atomic E-state index is 0.302. The van der Waals surface area contributed by atoms with Crippen molar-refractivity contribution in [3.63, 3.8) is 0 Å². The maximum Gasteiger partial charge on any atom is 0.0462 e. The minimum Gasteiger partial charge on any atom is -0.398 e. The van der Waals surface area contributed by atoms with E-state index in [2.05, 4.69) is 10.3 Å². The molecular weight excluding hydrogens is 262 g/mol. The van der Waals surface area contributed by atoms with Gasteiger partial charge in [-0.2, -0.15) is 0 Å². The van der Waals surface area contributed by atoms with Gasteiger partial charge in [-0.25, -0.2) is 0 Å². The van der Waals surface area contributed by atoms with Gasteiger partial charge in [0.1, 0.15) is 0 Å². The molecule has 2 aromatic rings. The smallest absolute Gasteiger partial charge is 0.0462 e. The number of aromatic nitrogens is 1. The third-order valence-corrected chi connectivity index (χ3v) is 4.71. The number of fused-ring (bicyclic) bond motifs is 1. The normalized spacial score (nSPS) is 22.3. The van der Waals surface area contributed by atoms with Crippen LogP contribution in [0.25, 0.3) is 10.8 Å². The Morgan fingerprint density at radius 2 is 1.95 bits per heavy atom. The van der Waals surface area contributed by atoms with Crippen molar-refractivity contribution in [2.75, 3.05) is 24.2 Å². The van der Waals surface area contributed by atoms with E-state index >= 15 is 0 Å². The summed E-state index contributed by atoms with van der Waals surface area (Å²) in [6, 6.07) is 5.91. The van der Waals surface area contributed by atoms with Crippen molar-refractivity contribution in [3.8, 4) is 0 Å². The summed E-state index contributed by atoms with van der Waals surface area (Å²) in [6.07, 6.45) is 8.49. The average molecular weight is 285 g/mol. The molecule has 0 aliphatic heterocycles. The maximum absolute atomic E-state index is 9.51. The van der Waals surface area contributed by atoms with Gasteiger partial charge in [-0.3, -0.25) is 4.98 Å². The van der Waals surface area contributed by atoms with E-state index < -0.39 is 0 Å². The molecule has 1 aliphatic rings. The molecule has 1 aliphatic carbocycles. The Morgan fingerprint density at radius 3 is 2.76 bits per heavy atom. The molecule has 4 nitrogen and oxygen atoms in total. The van der Waals surface area contributed by atoms with Gasteiger partial charge in [0, 0.05) is 47.7 Å². The van der Waals surface area contributed by atoms with Gasteiger partial charge < -0.3 is 16.2 Å². The Balaban J connectivity index is 1.77. The van der Waals surface area contributed by atoms with Gasteiger partial charge in [-0.05, 0) is 42.9 Å². The van der Waals surface area contributed by atoms with Crippen LogP contribution in [0.2, 0.25) is 0 Å². The number of nitrogens with two attached hydrogens (primary N) is 1. The molecule has 0 bridgehead atoms. The van der Waals surface area contributed by atoms with E-state index in [1.165, 1.54) is 19.3 Å². The molecule has 2 unspecified atom stereocenters. The summed E-state index contributed by atoms with van der Waals surface area (Å²) in [4.78, 5) is 4.20. The fourth-order valence-corrected chi connectivity index (χ4v) is 3.40. The molecule has 4 heteroatoms. The molecule has 1 heterocycles. The number of anilines is 2. The fourth-order valence-electron chi connectivity index (χ4n) is 3.40. The number of aliphatic hydroxyl groups is 1. The molecule has 0 spiro atoms. The van der Waals surface area contributed by atoms with Crippen LogP contribution in [-0.4, -0.2) is 23.2 Å². The largest absolute Gasteiger partial charge is 0.398 e. The molecule has 0 amide bonds. The summed E-state index contributed by atoms with van der Waals surface area (Å²) in [6.45, 7) is 1.20. The van der Waals surface area contributed by atoms with Crippen LogP contribution in [0.5, 0.6) is 0 Å². The molecular formula is C17H23N3O. The Bertz CT molecular complexity index is 614. The summed E-state index contributed by atoms with van der Waals surface area (Å²) in [5.41, 5.74) is 7.88. The molecule has 112 valence electrons. The zero-order valence-electron chi connectivity index (χ0n) is 12.3. The van der Waals surface area contributed by atoms with E-state index in [1.54, 1.807) is 6.20 Å². The van der Waals surface area contributed by atoms with Crippen molar-refractivity contribution in [3.05, 3.63) is 30.6 Å². The SMILES string of the molecule is Nc1ccc(NCC2CCCCC2CO)c2cnccc12. The van der Waals surface area contributed by atoms with E-state index in [0.717, 1.165) is 35.1 Å². The van der Waals surface area contributed by atoms with Crippen LogP contribution in [-0.2, 0) is 0 Å². The third kappa shape index (κ3) is 2.95. The monoisotopic (exact) mass is 285 g/mol. The lowest BCUT2D eigenvalue weighted by Gasteiger charge is -2.30. The summed E-state index contributed by atoms with van der Waals surface area (Å²) in [5.74, 6) is 0.984. The van der Waals surface area contributed by atoms with Gasteiger partial charge in [0.15, 0.2) is 0 Å². The molecule has 0 saturated heterocycles. The molecule has 1 aromatic heterocycles. The lowest BCUT2D eigenvalue weighted by Crippen LogP contribution is -2.28. The Hall–Kier alpha value is -1.81. The van der Waals surface area contributed by atoms with Crippen LogP contribution in [0.4, 0.5) is 11.4 Å². The van der Waals surface area contributed by atoms with E-state index in [1.807, 2.05) is 24.4 Å². The molecule has 4 N–H and O–H groups in total. The molecule has 3 rings (SSSR count). The van der Waals surface area contributed by atoms with Crippen LogP contribution < -0.4 is 11.1 Å². The third-order valence-electron chi connectivity index (χ3n) is 4.71. The zero-order chi connectivity index (χ0) is 14.7. The summed E-state index contributed by atoms with van der Waals surface area (Å²) >= 11 is 0. The van der Waals surface area contributed by atoms with Crippen molar-refractivity contribution in [2.45, 2.75) is 25.7 Å². The first-order valence-corrected chi connectivity index (χ1v) is 7.76. The van der Waals surface area contributed by atoms with Crippen molar-refractivity contribution < 1.29 is 5.11 Å². The minimum atomic E-state index is 0.302. The topological polar surface area (TPSA) is 71.2 Å². The van der Waals surface area contributed by atoms with Gasteiger partial charge in [-0.15, -0.1) is 0 Å². The van der Waals surface area contributed by atoms with Crippen LogP contribution in [0, 0.1) is 11.8 Å². The maximum atomic E-state index is 9.51. The Morgan fingerprint density at radius 1 is 1.14 bits per heavy atom. The zero-order valence-corrected chi connectivity index (χ0v) is 12.3. The number of nitrogens with zero attached hydrogens (tertiary/aromatic N) is 1. The van der Waals surface area contributed by atoms with Crippen LogP contribution in [0.1, 0.15) is 25.7 Å². The predicted molar refractivity (Wildman–Crippen MR) is 87.2 cm³/mol. The number of pyridine rings is 1. The van der Waals surface area contributed by atoms with E-state index in [9.17, 15) is 5.11 Å². The molecule has 1 saturated carbocycles. The standard InChI is InChI=1S/C17H23N3O/c18-16-5-6-17(15-10-19-8-7-14(15)16)20-9-12-3-1-2-4-13(12)11-21/h5-8,10,12-13,20-21H,1-4,9,11,18H2. The van der Waals surface area contributed by atoms with Crippen LogP contribution in [0.15, 0.2) is 30.6 Å². The number of hydrogen-bond donors (Lipinski definition) is 3. The van der Waals surface area contributed by atoms with Crippen molar-refractivity contribution in [1.29, 1.82) is 0 Å². The van der Waals surface area contributed by atoms with Gasteiger partial charge in [0.05, 0.1) is 0 Å². The number of nitrogens with one attached hydrogen (secondary N) is 1. The highest BCUT2D eigenvalue weighted by Crippen LogP contribution is 2.32. The van der Waals surface area contributed by atoms with E-state index in [-0.39, 0.29) is 0 Å². The summed E-state index contributed by atoms with van der Waals surface area (Å²) < 4.78 is 0. The van der Waals surface area contributed by atoms with E-state index in [0.29, 0.717) is 18.4 Å². The predicted octanol–water partition coefficient (Wildman–Crippen LogP) is 3.03. The molecule has 1 fully saturated rings. The quantitative estimate of drug-likeness (QED) is 0.755. The first-order valence-electron chi connectivity index (χ1n) is 7.76. The molecule has 21 heavy (non-hydrogen) atoms. The van der Waals surface area contributed by atoms with Gasteiger partial charge in [0.25, 0.3) is 0 Å². The highest BCUT2D eigenvalue weighted by Gasteiger charge is 2.24. The average Bonchev–Trinajstić information content (AvgIpc) is 2.55. The van der Waals surface area contributed by atoms with Gasteiger partial charge in [0.2, 0.25) is 0 Å². The fraction of sp³-hybridized carbons (Fsp3) is 0.471. The summed E-state index contributed by atoms with van der Waals surface area (Å²) in [5, 5.41) is 15.2. The van der Waals surface area contributed by atoms with Crippen molar-refractivity contribution in [2.24, 2.45) is 11.8 Å². The van der Waals surface area contributed by atoms with Gasteiger partial charge >= 0.3 is 0 Å². The molecule has 2 atom stereocenters. The van der Waals surface area contributed by atoms with E-state index in [4.69, 9.17) is 5.73 Å². The Labute approximate surface area is 125 Å². The second kappa shape index (κ2) is 6.31. The Kier molecular flexibility index (Phi) is 4.25. The number of rotatable bonds is 4. The van der Waals surface area contributed by atoms with Crippen molar-refractivity contribution in [1.82, 2.24) is 4.98 Å². The second-order valence-corrected chi connectivity index (χ2v) is 5.99. The lowest BCUT2D eigenvalue weighted by molar-refractivity contribution is 0.141. The number of nitrogen functional groups attached to an aromatic ring is 1. The number of benzene rings is 1. The first kappa shape index (κ1) is 14.1. The number of aliphatic hydroxyl groups excluding tert-OH is 1. The highest BCUT2D eigenvalue weighted by molar-refractivity contribution is 6.00. The summed E-state index contributed by atoms with van der Waals surface area (Å²) in [7, 11) is 0. The first-order chi connectivity index (χ1) is 10.3. The molecule has 0 radical (unpaired) electrons. The van der Waals surface area contributed by atoms with Crippen molar-refractivity contribution >= 4 is 22.1 Å². The van der Waals surface area contributed by atoms with Crippen LogP contribution in [0.3, 0.4) is 0 Å². The number of hydrogen-bond acceptors (Lipinski definition) is 4. The van der Waals surface area contributed by atoms with Gasteiger partial charge in [-0.1, -0.05) is 12.8 Å².